The number of ether oxygens (including phenoxy) is 1. The van der Waals surface area contributed by atoms with Crippen LogP contribution in [0, 0.1) is 0 Å². The zero-order valence-corrected chi connectivity index (χ0v) is 19.1. The van der Waals surface area contributed by atoms with E-state index in [0.29, 0.717) is 24.3 Å². The van der Waals surface area contributed by atoms with Gasteiger partial charge in [0.2, 0.25) is 5.91 Å². The first-order valence-electron chi connectivity index (χ1n) is 10.6. The molecule has 7 nitrogen and oxygen atoms in total. The quantitative estimate of drug-likeness (QED) is 0.458. The molecule has 0 saturated carbocycles. The van der Waals surface area contributed by atoms with E-state index in [2.05, 4.69) is 10.0 Å². The molecule has 3 aromatic rings. The lowest BCUT2D eigenvalue weighted by molar-refractivity contribution is -0.119. The number of para-hydroxylation sites is 1. The molecule has 0 aliphatic heterocycles. The molecule has 0 aliphatic carbocycles. The van der Waals surface area contributed by atoms with Crippen molar-refractivity contribution in [2.45, 2.75) is 37.7 Å². The number of rotatable bonds is 10. The number of benzene rings is 3. The molecule has 8 heteroatoms. The van der Waals surface area contributed by atoms with Gasteiger partial charge >= 0.3 is 0 Å². The number of sulfonamides is 1. The van der Waals surface area contributed by atoms with Gasteiger partial charge in [-0.15, -0.1) is 0 Å². The number of unbranched alkanes of at least 4 members (excludes halogenated alkanes) is 1. The van der Waals surface area contributed by atoms with Crippen molar-refractivity contribution in [2.24, 2.45) is 0 Å². The fourth-order valence-corrected chi connectivity index (χ4v) is 4.24. The summed E-state index contributed by atoms with van der Waals surface area (Å²) in [4.78, 5) is 24.6. The minimum Gasteiger partial charge on any atom is -0.489 e. The molecule has 0 unspecified atom stereocenters. The van der Waals surface area contributed by atoms with Crippen LogP contribution >= 0.6 is 0 Å². The number of nitrogens with one attached hydrogen (secondary N) is 2. The lowest BCUT2D eigenvalue weighted by atomic mass is 10.2. The van der Waals surface area contributed by atoms with Gasteiger partial charge in [-0.05, 0) is 42.3 Å². The Bertz CT molecular complexity index is 1210. The minimum atomic E-state index is -4.13. The maximum absolute atomic E-state index is 12.8. The molecule has 0 aliphatic rings. The Labute approximate surface area is 193 Å². The summed E-state index contributed by atoms with van der Waals surface area (Å²) in [6, 6.07) is 22.2. The Balaban J connectivity index is 1.73. The molecule has 2 amide bonds. The predicted octanol–water partition coefficient (Wildman–Crippen LogP) is 4.51. The summed E-state index contributed by atoms with van der Waals surface area (Å²) in [6.45, 7) is 2.26. The number of amides is 2. The third-order valence-corrected chi connectivity index (χ3v) is 6.21. The van der Waals surface area contributed by atoms with Crippen molar-refractivity contribution >= 4 is 27.5 Å². The molecule has 0 bridgehead atoms. The van der Waals surface area contributed by atoms with E-state index >= 15 is 0 Å². The normalized spacial score (nSPS) is 10.9. The first-order chi connectivity index (χ1) is 15.9. The van der Waals surface area contributed by atoms with Crippen LogP contribution in [0.15, 0.2) is 83.8 Å². The third-order valence-electron chi connectivity index (χ3n) is 4.77. The van der Waals surface area contributed by atoms with Crippen molar-refractivity contribution in [3.8, 4) is 5.75 Å². The Morgan fingerprint density at radius 2 is 1.64 bits per heavy atom. The largest absolute Gasteiger partial charge is 0.489 e. The van der Waals surface area contributed by atoms with E-state index in [4.69, 9.17) is 4.74 Å². The van der Waals surface area contributed by atoms with Gasteiger partial charge < -0.3 is 10.1 Å². The van der Waals surface area contributed by atoms with Gasteiger partial charge in [0.05, 0.1) is 5.69 Å². The highest BCUT2D eigenvalue weighted by Crippen LogP contribution is 2.23. The molecular formula is C25H26N2O5S. The van der Waals surface area contributed by atoms with Crippen molar-refractivity contribution in [1.29, 1.82) is 0 Å². The molecule has 0 atom stereocenters. The van der Waals surface area contributed by atoms with Crippen LogP contribution in [0.2, 0.25) is 0 Å². The van der Waals surface area contributed by atoms with Crippen LogP contribution in [0.1, 0.15) is 42.1 Å². The Morgan fingerprint density at radius 1 is 0.909 bits per heavy atom. The highest BCUT2D eigenvalue weighted by atomic mass is 32.2. The van der Waals surface area contributed by atoms with E-state index in [0.717, 1.165) is 12.0 Å². The van der Waals surface area contributed by atoms with E-state index in [1.807, 2.05) is 37.3 Å². The van der Waals surface area contributed by atoms with Gasteiger partial charge in [0.15, 0.2) is 0 Å². The third kappa shape index (κ3) is 6.92. The van der Waals surface area contributed by atoms with E-state index in [9.17, 15) is 18.0 Å². The van der Waals surface area contributed by atoms with Crippen LogP contribution in [0.4, 0.5) is 5.69 Å². The number of hydrogen-bond acceptors (Lipinski definition) is 5. The van der Waals surface area contributed by atoms with Crippen LogP contribution in [-0.2, 0) is 21.4 Å². The summed E-state index contributed by atoms with van der Waals surface area (Å²) in [7, 11) is -4.13. The van der Waals surface area contributed by atoms with Crippen LogP contribution in [0.3, 0.4) is 0 Å². The SMILES string of the molecule is CCCCC(=O)NS(=O)(=O)c1ccccc1NC(=O)c1cccc(OCc2ccccc2)c1. The van der Waals surface area contributed by atoms with Crippen molar-refractivity contribution in [3.63, 3.8) is 0 Å². The number of hydrogen-bond donors (Lipinski definition) is 2. The second kappa shape index (κ2) is 11.3. The summed E-state index contributed by atoms with van der Waals surface area (Å²) >= 11 is 0. The van der Waals surface area contributed by atoms with Gasteiger partial charge in [-0.1, -0.05) is 61.9 Å². The maximum Gasteiger partial charge on any atom is 0.266 e. The fourth-order valence-electron chi connectivity index (χ4n) is 3.06. The van der Waals surface area contributed by atoms with Gasteiger partial charge in [0.1, 0.15) is 17.3 Å². The van der Waals surface area contributed by atoms with E-state index < -0.39 is 21.8 Å². The molecule has 3 rings (SSSR count). The van der Waals surface area contributed by atoms with Crippen LogP contribution < -0.4 is 14.8 Å². The van der Waals surface area contributed by atoms with Gasteiger partial charge in [-0.2, -0.15) is 0 Å². The summed E-state index contributed by atoms with van der Waals surface area (Å²) in [5, 5.41) is 2.63. The van der Waals surface area contributed by atoms with Crippen LogP contribution in [0.5, 0.6) is 5.75 Å². The highest BCUT2D eigenvalue weighted by molar-refractivity contribution is 7.90. The van der Waals surface area contributed by atoms with Crippen LogP contribution in [0.25, 0.3) is 0 Å². The Morgan fingerprint density at radius 3 is 2.39 bits per heavy atom. The van der Waals surface area contributed by atoms with Crippen molar-refractivity contribution in [1.82, 2.24) is 4.72 Å². The molecule has 0 spiro atoms. The Kier molecular flexibility index (Phi) is 8.21. The maximum atomic E-state index is 12.8. The van der Waals surface area contributed by atoms with Crippen molar-refractivity contribution in [2.75, 3.05) is 5.32 Å². The number of carbonyl (C=O) groups excluding carboxylic acids is 2. The summed E-state index contributed by atoms with van der Waals surface area (Å²) in [6.07, 6.45) is 1.47. The van der Waals surface area contributed by atoms with Gasteiger partial charge in [-0.25, -0.2) is 13.1 Å². The monoisotopic (exact) mass is 466 g/mol. The number of anilines is 1. The van der Waals surface area contributed by atoms with Gasteiger partial charge in [0, 0.05) is 12.0 Å². The fraction of sp³-hybridized carbons (Fsp3) is 0.200. The lowest BCUT2D eigenvalue weighted by Crippen LogP contribution is -2.31. The molecule has 0 aromatic heterocycles. The van der Waals surface area contributed by atoms with Gasteiger partial charge in [0.25, 0.3) is 15.9 Å². The topological polar surface area (TPSA) is 102 Å². The smallest absolute Gasteiger partial charge is 0.266 e. The summed E-state index contributed by atoms with van der Waals surface area (Å²) in [5.41, 5.74) is 1.38. The molecule has 172 valence electrons. The van der Waals surface area contributed by atoms with Crippen molar-refractivity contribution in [3.05, 3.63) is 90.0 Å². The molecular weight excluding hydrogens is 440 g/mol. The second-order valence-electron chi connectivity index (χ2n) is 7.38. The van der Waals surface area contributed by atoms with Crippen molar-refractivity contribution < 1.29 is 22.7 Å². The summed E-state index contributed by atoms with van der Waals surface area (Å²) < 4.78 is 33.3. The zero-order chi connectivity index (χ0) is 23.7. The van der Waals surface area contributed by atoms with E-state index in [-0.39, 0.29) is 17.0 Å². The molecule has 0 fully saturated rings. The minimum absolute atomic E-state index is 0.0777. The predicted molar refractivity (Wildman–Crippen MR) is 126 cm³/mol. The Hall–Kier alpha value is -3.65. The molecule has 0 heterocycles. The van der Waals surface area contributed by atoms with E-state index in [1.54, 1.807) is 30.3 Å². The molecule has 33 heavy (non-hydrogen) atoms. The molecule has 0 saturated heterocycles. The highest BCUT2D eigenvalue weighted by Gasteiger charge is 2.22. The van der Waals surface area contributed by atoms with Crippen LogP contribution in [-0.4, -0.2) is 20.2 Å². The second-order valence-corrected chi connectivity index (χ2v) is 9.04. The first kappa shape index (κ1) is 24.0. The molecule has 2 N–H and O–H groups in total. The van der Waals surface area contributed by atoms with Gasteiger partial charge in [-0.3, -0.25) is 9.59 Å². The first-order valence-corrected chi connectivity index (χ1v) is 12.1. The van der Waals surface area contributed by atoms with E-state index in [1.165, 1.54) is 18.2 Å². The number of carbonyl (C=O) groups is 2. The lowest BCUT2D eigenvalue weighted by Gasteiger charge is -2.13. The standard InChI is InChI=1S/C25H26N2O5S/c1-2-3-16-24(28)27-33(30,31)23-15-8-7-14-22(23)26-25(29)20-12-9-13-21(17-20)32-18-19-10-5-4-6-11-19/h4-15,17H,2-3,16,18H2,1H3,(H,26,29)(H,27,28). The molecule has 0 radical (unpaired) electrons. The average Bonchev–Trinajstić information content (AvgIpc) is 2.82. The molecule has 3 aromatic carbocycles. The zero-order valence-electron chi connectivity index (χ0n) is 18.3. The summed E-state index contributed by atoms with van der Waals surface area (Å²) in [5.74, 6) is -0.572. The average molecular weight is 467 g/mol.